The van der Waals surface area contributed by atoms with Crippen LogP contribution in [0.2, 0.25) is 0 Å². The average Bonchev–Trinajstić information content (AvgIpc) is 3.35. The van der Waals surface area contributed by atoms with E-state index >= 15 is 0 Å². The third-order valence-electron chi connectivity index (χ3n) is 7.43. The Morgan fingerprint density at radius 3 is 3.14 bits per heavy atom. The molecule has 146 valence electrons. The van der Waals surface area contributed by atoms with E-state index in [1.165, 1.54) is 35.0 Å². The van der Waals surface area contributed by atoms with Crippen molar-refractivity contribution in [2.24, 2.45) is 0 Å². The number of hydrogen-bond acceptors (Lipinski definition) is 4. The Labute approximate surface area is 165 Å². The molecule has 1 aromatic heterocycles. The summed E-state index contributed by atoms with van der Waals surface area (Å²) < 4.78 is 5.96. The first-order valence-corrected chi connectivity index (χ1v) is 10.7. The van der Waals surface area contributed by atoms with Crippen LogP contribution in [-0.2, 0) is 16.0 Å². The van der Waals surface area contributed by atoms with Gasteiger partial charge in [-0.1, -0.05) is 24.6 Å². The Kier molecular flexibility index (Phi) is 3.72. The van der Waals surface area contributed by atoms with Crippen LogP contribution in [0, 0.1) is 0 Å². The number of nitrogens with one attached hydrogen (secondary N) is 2. The zero-order chi connectivity index (χ0) is 18.7. The van der Waals surface area contributed by atoms with Crippen molar-refractivity contribution in [2.75, 3.05) is 13.1 Å². The van der Waals surface area contributed by atoms with Gasteiger partial charge in [-0.25, -0.2) is 4.79 Å². The highest BCUT2D eigenvalue weighted by molar-refractivity contribution is 5.87. The first-order chi connectivity index (χ1) is 13.7. The highest BCUT2D eigenvalue weighted by atomic mass is 16.6. The molecule has 1 saturated carbocycles. The van der Waals surface area contributed by atoms with E-state index in [9.17, 15) is 4.79 Å². The van der Waals surface area contributed by atoms with E-state index in [-0.39, 0.29) is 11.6 Å². The van der Waals surface area contributed by atoms with Crippen molar-refractivity contribution in [2.45, 2.75) is 62.3 Å². The molecule has 0 radical (unpaired) electrons. The number of rotatable bonds is 4. The van der Waals surface area contributed by atoms with Gasteiger partial charge in [0.05, 0.1) is 6.04 Å². The summed E-state index contributed by atoms with van der Waals surface area (Å²) in [6.07, 6.45) is 8.36. The molecule has 1 aliphatic carbocycles. The van der Waals surface area contributed by atoms with E-state index < -0.39 is 0 Å². The summed E-state index contributed by atoms with van der Waals surface area (Å²) in [5.74, 6) is -0.125. The number of piperidine rings is 1. The molecule has 4 aliphatic rings. The zero-order valence-electron chi connectivity index (χ0n) is 16.1. The van der Waals surface area contributed by atoms with Crippen LogP contribution in [0.1, 0.15) is 37.8 Å². The molecule has 5 heteroatoms. The number of carbonyl (C=O) groups is 1. The Hall–Kier alpha value is -2.11. The molecular weight excluding hydrogens is 350 g/mol. The van der Waals surface area contributed by atoms with Crippen LogP contribution in [-0.4, -0.2) is 52.7 Å². The first-order valence-electron chi connectivity index (χ1n) is 10.7. The predicted octanol–water partition coefficient (Wildman–Crippen LogP) is 2.92. The van der Waals surface area contributed by atoms with Gasteiger partial charge in [0.1, 0.15) is 0 Å². The van der Waals surface area contributed by atoms with Gasteiger partial charge in [0, 0.05) is 42.3 Å². The second kappa shape index (κ2) is 6.19. The molecule has 2 N–H and O–H groups in total. The van der Waals surface area contributed by atoms with E-state index in [1.807, 2.05) is 0 Å². The van der Waals surface area contributed by atoms with Crippen molar-refractivity contribution >= 4 is 16.9 Å². The Balaban J connectivity index is 1.19. The van der Waals surface area contributed by atoms with Crippen molar-refractivity contribution in [3.05, 3.63) is 47.7 Å². The molecule has 2 aromatic rings. The van der Waals surface area contributed by atoms with Crippen molar-refractivity contribution in [1.29, 1.82) is 0 Å². The average molecular weight is 377 g/mol. The highest BCUT2D eigenvalue weighted by Gasteiger charge is 2.63. The number of hydrogen-bond donors (Lipinski definition) is 2. The first kappa shape index (κ1) is 16.8. The Bertz CT molecular complexity index is 931. The lowest BCUT2D eigenvalue weighted by atomic mass is 9.75. The quantitative estimate of drug-likeness (QED) is 0.805. The fourth-order valence-electron chi connectivity index (χ4n) is 6.26. The number of aromatic amines is 1. The van der Waals surface area contributed by atoms with Crippen LogP contribution in [0.3, 0.4) is 0 Å². The summed E-state index contributed by atoms with van der Waals surface area (Å²) in [5.41, 5.74) is 3.42. The molecule has 2 bridgehead atoms. The van der Waals surface area contributed by atoms with Crippen molar-refractivity contribution in [3.63, 3.8) is 0 Å². The predicted molar refractivity (Wildman–Crippen MR) is 108 cm³/mol. The second-order valence-electron chi connectivity index (χ2n) is 8.90. The summed E-state index contributed by atoms with van der Waals surface area (Å²) in [4.78, 5) is 18.3. The topological polar surface area (TPSA) is 57.4 Å². The maximum Gasteiger partial charge on any atom is 0.331 e. The number of para-hydroxylation sites is 1. The van der Waals surface area contributed by atoms with Crippen LogP contribution >= 0.6 is 0 Å². The molecule has 2 saturated heterocycles. The van der Waals surface area contributed by atoms with Gasteiger partial charge in [-0.05, 0) is 55.3 Å². The van der Waals surface area contributed by atoms with Crippen molar-refractivity contribution in [3.8, 4) is 0 Å². The zero-order valence-corrected chi connectivity index (χ0v) is 16.1. The van der Waals surface area contributed by atoms with Gasteiger partial charge in [0.2, 0.25) is 0 Å². The lowest BCUT2D eigenvalue weighted by Gasteiger charge is -2.38. The molecular formula is C23H27N3O2. The summed E-state index contributed by atoms with van der Waals surface area (Å²) in [5, 5.41) is 5.11. The lowest BCUT2D eigenvalue weighted by Crippen LogP contribution is -2.50. The fraction of sp³-hybridized carbons (Fsp3) is 0.522. The summed E-state index contributed by atoms with van der Waals surface area (Å²) >= 11 is 0. The van der Waals surface area contributed by atoms with E-state index in [0.29, 0.717) is 18.1 Å². The van der Waals surface area contributed by atoms with E-state index in [0.717, 1.165) is 38.8 Å². The Morgan fingerprint density at radius 1 is 1.29 bits per heavy atom. The monoisotopic (exact) mass is 377 g/mol. The highest BCUT2D eigenvalue weighted by Crippen LogP contribution is 2.53. The second-order valence-corrected chi connectivity index (χ2v) is 8.90. The third-order valence-corrected chi connectivity index (χ3v) is 7.43. The van der Waals surface area contributed by atoms with Gasteiger partial charge in [-0.15, -0.1) is 0 Å². The molecule has 4 heterocycles. The maximum absolute atomic E-state index is 12.1. The Morgan fingerprint density at radius 2 is 2.21 bits per heavy atom. The van der Waals surface area contributed by atoms with Crippen LogP contribution in [0.25, 0.3) is 10.9 Å². The molecule has 1 spiro atoms. The van der Waals surface area contributed by atoms with Gasteiger partial charge < -0.3 is 15.0 Å². The maximum atomic E-state index is 12.1. The molecule has 3 fully saturated rings. The number of aromatic nitrogens is 1. The minimum atomic E-state index is -0.308. The van der Waals surface area contributed by atoms with Gasteiger partial charge in [-0.2, -0.15) is 0 Å². The molecule has 1 unspecified atom stereocenters. The summed E-state index contributed by atoms with van der Waals surface area (Å²) in [6.45, 7) is 2.09. The molecule has 1 aromatic carbocycles. The van der Waals surface area contributed by atoms with E-state index in [4.69, 9.17) is 4.74 Å². The summed E-state index contributed by atoms with van der Waals surface area (Å²) in [7, 11) is 0. The van der Waals surface area contributed by atoms with E-state index in [1.54, 1.807) is 6.08 Å². The number of fused-ring (bicyclic) bond motifs is 4. The lowest BCUT2D eigenvalue weighted by molar-refractivity contribution is -0.148. The molecule has 6 rings (SSSR count). The third kappa shape index (κ3) is 2.42. The van der Waals surface area contributed by atoms with E-state index in [2.05, 4.69) is 45.5 Å². The molecule has 4 atom stereocenters. The number of benzene rings is 1. The van der Waals surface area contributed by atoms with Crippen LogP contribution in [0.5, 0.6) is 0 Å². The van der Waals surface area contributed by atoms with Crippen LogP contribution in [0.15, 0.2) is 42.0 Å². The minimum Gasteiger partial charge on any atom is -0.450 e. The van der Waals surface area contributed by atoms with Crippen LogP contribution < -0.4 is 5.32 Å². The van der Waals surface area contributed by atoms with Crippen molar-refractivity contribution in [1.82, 2.24) is 15.2 Å². The molecule has 0 amide bonds. The minimum absolute atomic E-state index is 0.125. The smallest absolute Gasteiger partial charge is 0.331 e. The van der Waals surface area contributed by atoms with Crippen molar-refractivity contribution < 1.29 is 9.53 Å². The number of H-pyrrole nitrogens is 1. The standard InChI is InChI=1S/C23H27N3O2/c27-22-13-16-12-19(20-14-23(16,28-22)21-7-3-4-10-26(20)21)24-9-8-17-11-15-5-1-2-6-18(15)25-17/h1-2,5-6,11,13,19-21,24-25H,3-4,7-10,12,14H2/t19-,20-,21?,23-/m0/s1. The van der Waals surface area contributed by atoms with Crippen LogP contribution in [0.4, 0.5) is 0 Å². The largest absolute Gasteiger partial charge is 0.450 e. The molecule has 28 heavy (non-hydrogen) atoms. The molecule has 3 aliphatic heterocycles. The number of esters is 1. The van der Waals surface area contributed by atoms with Gasteiger partial charge in [-0.3, -0.25) is 4.90 Å². The number of nitrogens with zero attached hydrogens (tertiary/aromatic N) is 1. The molecule has 5 nitrogen and oxygen atoms in total. The van der Waals surface area contributed by atoms with Gasteiger partial charge in [0.25, 0.3) is 0 Å². The van der Waals surface area contributed by atoms with Gasteiger partial charge >= 0.3 is 5.97 Å². The van der Waals surface area contributed by atoms with Gasteiger partial charge in [0.15, 0.2) is 5.60 Å². The summed E-state index contributed by atoms with van der Waals surface area (Å²) in [6, 6.07) is 12.0. The number of carbonyl (C=O) groups excluding carboxylic acids is 1. The SMILES string of the molecule is O=C1C=C2C[C@H](NCCc3cc4ccccc4[nH]3)[C@@H]3C[C@@]2(O1)C1CCCCN13. The normalized spacial score (nSPS) is 34.2. The fourth-order valence-corrected chi connectivity index (χ4v) is 6.26. The number of ether oxygens (including phenoxy) is 1.